The highest BCUT2D eigenvalue weighted by atomic mass is 16.5. The molecule has 0 heterocycles. The molecule has 1 atom stereocenters. The highest BCUT2D eigenvalue weighted by molar-refractivity contribution is 5.91. The van der Waals surface area contributed by atoms with Crippen molar-refractivity contribution in [2.24, 2.45) is 5.92 Å². The summed E-state index contributed by atoms with van der Waals surface area (Å²) in [4.78, 5) is 12.5. The van der Waals surface area contributed by atoms with E-state index in [1.807, 2.05) is 24.3 Å². The minimum atomic E-state index is -0.338. The lowest BCUT2D eigenvalue weighted by atomic mass is 10.0. The number of rotatable bonds is 17. The zero-order chi connectivity index (χ0) is 23.7. The zero-order valence-corrected chi connectivity index (χ0v) is 21.1. The highest BCUT2D eigenvalue weighted by Crippen LogP contribution is 2.19. The Kier molecular flexibility index (Phi) is 13.4. The van der Waals surface area contributed by atoms with Crippen molar-refractivity contribution < 1.29 is 14.3 Å². The molecule has 1 unspecified atom stereocenters. The van der Waals surface area contributed by atoms with Crippen LogP contribution in [0.1, 0.15) is 107 Å². The maximum absolute atomic E-state index is 12.5. The smallest absolute Gasteiger partial charge is 0.343 e. The summed E-state index contributed by atoms with van der Waals surface area (Å²) in [5.41, 5.74) is 1.83. The van der Waals surface area contributed by atoms with Crippen LogP contribution in [0.15, 0.2) is 48.5 Å². The van der Waals surface area contributed by atoms with Gasteiger partial charge in [-0.2, -0.15) is 0 Å². The molecule has 0 aromatic heterocycles. The summed E-state index contributed by atoms with van der Waals surface area (Å²) in [6, 6.07) is 15.1. The third-order valence-electron chi connectivity index (χ3n) is 6.35. The molecule has 33 heavy (non-hydrogen) atoms. The van der Waals surface area contributed by atoms with Crippen LogP contribution in [0.3, 0.4) is 0 Å². The Morgan fingerprint density at radius 3 is 2.09 bits per heavy atom. The summed E-state index contributed by atoms with van der Waals surface area (Å²) in [7, 11) is 0. The maximum atomic E-state index is 12.5. The van der Waals surface area contributed by atoms with Crippen molar-refractivity contribution in [1.82, 2.24) is 0 Å². The van der Waals surface area contributed by atoms with Gasteiger partial charge in [-0.3, -0.25) is 0 Å². The summed E-state index contributed by atoms with van der Waals surface area (Å²) in [5.74, 6) is 1.87. The molecule has 2 aromatic rings. The Bertz CT molecular complexity index is 764. The van der Waals surface area contributed by atoms with E-state index in [0.29, 0.717) is 11.3 Å². The number of hydrogen-bond acceptors (Lipinski definition) is 3. The van der Waals surface area contributed by atoms with Crippen molar-refractivity contribution >= 4 is 5.97 Å². The van der Waals surface area contributed by atoms with Crippen molar-refractivity contribution in [2.45, 2.75) is 97.8 Å². The monoisotopic (exact) mass is 452 g/mol. The lowest BCUT2D eigenvalue weighted by Crippen LogP contribution is -2.08. The van der Waals surface area contributed by atoms with Crippen molar-refractivity contribution in [3.8, 4) is 11.5 Å². The van der Waals surface area contributed by atoms with E-state index >= 15 is 0 Å². The van der Waals surface area contributed by atoms with Gasteiger partial charge in [-0.25, -0.2) is 4.79 Å². The molecule has 0 saturated heterocycles. The standard InChI is InChI=1S/C30H44O3/c1-4-6-7-8-9-12-15-26-16-20-29(21-17-26)33-30(31)27-18-22-28(23-19-27)32-24-13-10-11-14-25(3)5-2/h16-23,25H,4-15,24H2,1-3H3. The second kappa shape index (κ2) is 16.3. The number of carbonyl (C=O) groups excluding carboxylic acids is 1. The predicted octanol–water partition coefficient (Wildman–Crippen LogP) is 8.79. The summed E-state index contributed by atoms with van der Waals surface area (Å²) >= 11 is 0. The van der Waals surface area contributed by atoms with E-state index in [2.05, 4.69) is 32.9 Å². The lowest BCUT2D eigenvalue weighted by molar-refractivity contribution is 0.0734. The molecular formula is C30H44O3. The first-order chi connectivity index (χ1) is 16.1. The average molecular weight is 453 g/mol. The number of hydrogen-bond donors (Lipinski definition) is 0. The fourth-order valence-electron chi connectivity index (χ4n) is 3.85. The van der Waals surface area contributed by atoms with Crippen molar-refractivity contribution in [3.63, 3.8) is 0 Å². The molecule has 0 amide bonds. The van der Waals surface area contributed by atoms with Crippen LogP contribution in [-0.2, 0) is 6.42 Å². The van der Waals surface area contributed by atoms with E-state index < -0.39 is 0 Å². The van der Waals surface area contributed by atoms with Gasteiger partial charge in [0.25, 0.3) is 0 Å². The number of benzene rings is 2. The first kappa shape index (κ1) is 27.0. The van der Waals surface area contributed by atoms with Gasteiger partial charge >= 0.3 is 5.97 Å². The molecule has 0 aliphatic carbocycles. The van der Waals surface area contributed by atoms with E-state index in [1.54, 1.807) is 12.1 Å². The molecule has 0 aliphatic heterocycles. The normalized spacial score (nSPS) is 11.8. The van der Waals surface area contributed by atoms with Crippen LogP contribution in [-0.4, -0.2) is 12.6 Å². The topological polar surface area (TPSA) is 35.5 Å². The van der Waals surface area contributed by atoms with E-state index in [9.17, 15) is 4.79 Å². The third-order valence-corrected chi connectivity index (χ3v) is 6.35. The number of carbonyl (C=O) groups is 1. The zero-order valence-electron chi connectivity index (χ0n) is 21.1. The fourth-order valence-corrected chi connectivity index (χ4v) is 3.85. The molecular weight excluding hydrogens is 408 g/mol. The average Bonchev–Trinajstić information content (AvgIpc) is 2.84. The van der Waals surface area contributed by atoms with Gasteiger partial charge < -0.3 is 9.47 Å². The van der Waals surface area contributed by atoms with Crippen molar-refractivity contribution in [2.75, 3.05) is 6.61 Å². The van der Waals surface area contributed by atoms with E-state index in [4.69, 9.17) is 9.47 Å². The van der Waals surface area contributed by atoms with Gasteiger partial charge in [-0.1, -0.05) is 90.7 Å². The molecule has 0 N–H and O–H groups in total. The van der Waals surface area contributed by atoms with Gasteiger partial charge in [0.2, 0.25) is 0 Å². The fraction of sp³-hybridized carbons (Fsp3) is 0.567. The number of unbranched alkanes of at least 4 members (excludes halogenated alkanes) is 7. The highest BCUT2D eigenvalue weighted by Gasteiger charge is 2.09. The van der Waals surface area contributed by atoms with Crippen LogP contribution in [0.2, 0.25) is 0 Å². The van der Waals surface area contributed by atoms with Crippen LogP contribution in [0, 0.1) is 5.92 Å². The Morgan fingerprint density at radius 1 is 0.758 bits per heavy atom. The predicted molar refractivity (Wildman–Crippen MR) is 138 cm³/mol. The summed E-state index contributed by atoms with van der Waals surface area (Å²) < 4.78 is 11.4. The molecule has 0 aliphatic rings. The second-order valence-corrected chi connectivity index (χ2v) is 9.29. The molecule has 0 spiro atoms. The number of aryl methyl sites for hydroxylation is 1. The SMILES string of the molecule is CCCCCCCCc1ccc(OC(=O)c2ccc(OCCCCCC(C)CC)cc2)cc1. The van der Waals surface area contributed by atoms with Crippen molar-refractivity contribution in [3.05, 3.63) is 59.7 Å². The Morgan fingerprint density at radius 2 is 1.39 bits per heavy atom. The quantitative estimate of drug-likeness (QED) is 0.137. The third kappa shape index (κ3) is 11.4. The van der Waals surface area contributed by atoms with E-state index in [1.165, 1.54) is 69.8 Å². The second-order valence-electron chi connectivity index (χ2n) is 9.29. The van der Waals surface area contributed by atoms with Gasteiger partial charge in [-0.15, -0.1) is 0 Å². The molecule has 0 saturated carbocycles. The Balaban J connectivity index is 1.67. The van der Waals surface area contributed by atoms with Gasteiger partial charge in [-0.05, 0) is 67.1 Å². The van der Waals surface area contributed by atoms with E-state index in [0.717, 1.165) is 31.1 Å². The Labute approximate surface area is 201 Å². The molecule has 0 radical (unpaired) electrons. The summed E-state index contributed by atoms with van der Waals surface area (Å²) in [6.07, 6.45) is 15.0. The number of esters is 1. The Hall–Kier alpha value is -2.29. The van der Waals surface area contributed by atoms with Crippen LogP contribution in [0.25, 0.3) is 0 Å². The molecule has 0 bridgehead atoms. The van der Waals surface area contributed by atoms with Gasteiger partial charge in [0.15, 0.2) is 0 Å². The molecule has 2 rings (SSSR count). The van der Waals surface area contributed by atoms with Crippen LogP contribution < -0.4 is 9.47 Å². The molecule has 182 valence electrons. The van der Waals surface area contributed by atoms with Gasteiger partial charge in [0.1, 0.15) is 11.5 Å². The van der Waals surface area contributed by atoms with E-state index in [-0.39, 0.29) is 5.97 Å². The first-order valence-electron chi connectivity index (χ1n) is 13.2. The van der Waals surface area contributed by atoms with Crippen LogP contribution in [0.4, 0.5) is 0 Å². The largest absolute Gasteiger partial charge is 0.494 e. The van der Waals surface area contributed by atoms with Gasteiger partial charge in [0, 0.05) is 0 Å². The summed E-state index contributed by atoms with van der Waals surface area (Å²) in [5, 5.41) is 0. The number of ether oxygens (including phenoxy) is 2. The maximum Gasteiger partial charge on any atom is 0.343 e. The van der Waals surface area contributed by atoms with Crippen LogP contribution in [0.5, 0.6) is 11.5 Å². The molecule has 0 fully saturated rings. The molecule has 3 nitrogen and oxygen atoms in total. The first-order valence-corrected chi connectivity index (χ1v) is 13.2. The molecule has 3 heteroatoms. The van der Waals surface area contributed by atoms with Gasteiger partial charge in [0.05, 0.1) is 12.2 Å². The lowest BCUT2D eigenvalue weighted by Gasteiger charge is -2.09. The minimum Gasteiger partial charge on any atom is -0.494 e. The summed E-state index contributed by atoms with van der Waals surface area (Å²) in [6.45, 7) is 7.53. The van der Waals surface area contributed by atoms with Crippen molar-refractivity contribution in [1.29, 1.82) is 0 Å². The minimum absolute atomic E-state index is 0.338. The van der Waals surface area contributed by atoms with Crippen LogP contribution >= 0.6 is 0 Å². The molecule has 2 aromatic carbocycles.